The highest BCUT2D eigenvalue weighted by Crippen LogP contribution is 2.39. The molecule has 2 N–H and O–H groups in total. The lowest BCUT2D eigenvalue weighted by Gasteiger charge is -2.31. The Morgan fingerprint density at radius 3 is 2.38 bits per heavy atom. The molecule has 0 aliphatic carbocycles. The fourth-order valence-electron chi connectivity index (χ4n) is 3.90. The standard InChI is InChI=1S/C26H27FN2O3/c1-3-31-20-14-10-17(11-15-20)22-16-23(21-6-5-7-24(25(21)30)32-4-2)29-26(28-22)18-8-12-19(27)13-9-18/h5-15,23,26,29-30H,3-4,16H2,1-2H3/t23-,26-/m0/s1. The van der Waals surface area contributed by atoms with E-state index >= 15 is 0 Å². The van der Waals surface area contributed by atoms with Gasteiger partial charge in [0.25, 0.3) is 0 Å². The second kappa shape index (κ2) is 9.83. The third kappa shape index (κ3) is 4.75. The Morgan fingerprint density at radius 2 is 1.69 bits per heavy atom. The molecule has 0 amide bonds. The van der Waals surface area contributed by atoms with E-state index in [0.717, 1.165) is 28.2 Å². The molecule has 32 heavy (non-hydrogen) atoms. The number of ether oxygens (including phenoxy) is 2. The maximum Gasteiger partial charge on any atom is 0.162 e. The molecule has 5 nitrogen and oxygen atoms in total. The molecule has 0 spiro atoms. The second-order valence-corrected chi connectivity index (χ2v) is 7.54. The van der Waals surface area contributed by atoms with Gasteiger partial charge in [0.15, 0.2) is 11.5 Å². The largest absolute Gasteiger partial charge is 0.504 e. The van der Waals surface area contributed by atoms with Crippen molar-refractivity contribution in [2.75, 3.05) is 13.2 Å². The van der Waals surface area contributed by atoms with Crippen molar-refractivity contribution in [3.63, 3.8) is 0 Å². The van der Waals surface area contributed by atoms with Gasteiger partial charge in [0, 0.05) is 23.7 Å². The van der Waals surface area contributed by atoms with Gasteiger partial charge in [0.05, 0.1) is 13.2 Å². The number of hydrogen-bond donors (Lipinski definition) is 2. The summed E-state index contributed by atoms with van der Waals surface area (Å²) < 4.78 is 24.6. The van der Waals surface area contributed by atoms with Gasteiger partial charge in [0.2, 0.25) is 0 Å². The summed E-state index contributed by atoms with van der Waals surface area (Å²) in [6.45, 7) is 4.90. The topological polar surface area (TPSA) is 63.1 Å². The molecule has 1 aliphatic rings. The van der Waals surface area contributed by atoms with Gasteiger partial charge in [-0.25, -0.2) is 4.39 Å². The van der Waals surface area contributed by atoms with Crippen LogP contribution in [0.1, 0.15) is 49.2 Å². The number of hydrogen-bond acceptors (Lipinski definition) is 5. The van der Waals surface area contributed by atoms with Crippen molar-refractivity contribution >= 4 is 5.71 Å². The molecule has 0 fully saturated rings. The Kier molecular flexibility index (Phi) is 6.71. The minimum Gasteiger partial charge on any atom is -0.504 e. The monoisotopic (exact) mass is 434 g/mol. The molecule has 0 saturated heterocycles. The number of aliphatic imine (C=N–C) groups is 1. The summed E-state index contributed by atoms with van der Waals surface area (Å²) in [6.07, 6.45) is 0.195. The maximum absolute atomic E-state index is 13.5. The average Bonchev–Trinajstić information content (AvgIpc) is 2.81. The Balaban J connectivity index is 1.71. The van der Waals surface area contributed by atoms with Crippen LogP contribution in [0, 0.1) is 5.82 Å². The molecule has 6 heteroatoms. The number of para-hydroxylation sites is 1. The normalized spacial score (nSPS) is 18.2. The highest BCUT2D eigenvalue weighted by molar-refractivity contribution is 6.01. The quantitative estimate of drug-likeness (QED) is 0.512. The van der Waals surface area contributed by atoms with Gasteiger partial charge in [-0.05, 0) is 67.4 Å². The van der Waals surface area contributed by atoms with Crippen LogP contribution in [-0.2, 0) is 0 Å². The minimum absolute atomic E-state index is 0.123. The van der Waals surface area contributed by atoms with Gasteiger partial charge in [-0.2, -0.15) is 0 Å². The van der Waals surface area contributed by atoms with Gasteiger partial charge in [0.1, 0.15) is 17.7 Å². The molecule has 4 rings (SSSR count). The van der Waals surface area contributed by atoms with Crippen LogP contribution in [0.3, 0.4) is 0 Å². The first-order chi connectivity index (χ1) is 15.6. The van der Waals surface area contributed by atoms with E-state index in [9.17, 15) is 9.50 Å². The molecule has 0 radical (unpaired) electrons. The van der Waals surface area contributed by atoms with E-state index in [1.54, 1.807) is 18.2 Å². The van der Waals surface area contributed by atoms with E-state index < -0.39 is 0 Å². The third-order valence-corrected chi connectivity index (χ3v) is 5.43. The predicted molar refractivity (Wildman–Crippen MR) is 123 cm³/mol. The summed E-state index contributed by atoms with van der Waals surface area (Å²) in [5, 5.41) is 14.3. The molecule has 1 heterocycles. The molecular weight excluding hydrogens is 407 g/mol. The molecule has 0 unspecified atom stereocenters. The number of nitrogens with zero attached hydrogens (tertiary/aromatic N) is 1. The van der Waals surface area contributed by atoms with E-state index in [-0.39, 0.29) is 23.8 Å². The first-order valence-electron chi connectivity index (χ1n) is 10.8. The summed E-state index contributed by atoms with van der Waals surface area (Å²) in [4.78, 5) is 4.92. The van der Waals surface area contributed by atoms with Gasteiger partial charge < -0.3 is 14.6 Å². The van der Waals surface area contributed by atoms with Crippen molar-refractivity contribution in [3.8, 4) is 17.2 Å². The van der Waals surface area contributed by atoms with Gasteiger partial charge in [-0.3, -0.25) is 10.3 Å². The predicted octanol–water partition coefficient (Wildman–Crippen LogP) is 5.55. The lowest BCUT2D eigenvalue weighted by atomic mass is 9.93. The van der Waals surface area contributed by atoms with Crippen molar-refractivity contribution in [3.05, 3.63) is 89.2 Å². The number of phenolic OH excluding ortho intramolecular Hbond substituents is 1. The van der Waals surface area contributed by atoms with E-state index in [2.05, 4.69) is 5.32 Å². The molecule has 0 aromatic heterocycles. The molecule has 3 aromatic rings. The smallest absolute Gasteiger partial charge is 0.162 e. The Hall–Kier alpha value is -3.38. The molecule has 2 atom stereocenters. The van der Waals surface area contributed by atoms with Crippen LogP contribution in [-0.4, -0.2) is 24.0 Å². The minimum atomic E-state index is -0.383. The summed E-state index contributed by atoms with van der Waals surface area (Å²) in [5.41, 5.74) is 3.46. The first-order valence-corrected chi connectivity index (χ1v) is 10.8. The van der Waals surface area contributed by atoms with E-state index in [1.807, 2.05) is 50.2 Å². The zero-order valence-corrected chi connectivity index (χ0v) is 18.2. The zero-order valence-electron chi connectivity index (χ0n) is 18.2. The van der Waals surface area contributed by atoms with Crippen molar-refractivity contribution in [1.82, 2.24) is 5.32 Å². The number of benzene rings is 3. The molecule has 3 aromatic carbocycles. The number of rotatable bonds is 7. The molecule has 0 bridgehead atoms. The number of halogens is 1. The van der Waals surface area contributed by atoms with Gasteiger partial charge in [-0.15, -0.1) is 0 Å². The van der Waals surface area contributed by atoms with Gasteiger partial charge >= 0.3 is 0 Å². The molecular formula is C26H27FN2O3. The van der Waals surface area contributed by atoms with E-state index in [1.165, 1.54) is 12.1 Å². The Labute approximate surface area is 187 Å². The molecule has 0 saturated carbocycles. The fraction of sp³-hybridized carbons (Fsp3) is 0.269. The number of aromatic hydroxyl groups is 1. The molecule has 1 aliphatic heterocycles. The van der Waals surface area contributed by atoms with Crippen LogP contribution in [0.25, 0.3) is 0 Å². The van der Waals surface area contributed by atoms with Crippen LogP contribution >= 0.6 is 0 Å². The number of phenols is 1. The van der Waals surface area contributed by atoms with Crippen LogP contribution in [0.15, 0.2) is 71.7 Å². The Morgan fingerprint density at radius 1 is 0.969 bits per heavy atom. The summed E-state index contributed by atoms with van der Waals surface area (Å²) >= 11 is 0. The average molecular weight is 435 g/mol. The van der Waals surface area contributed by atoms with Crippen LogP contribution in [0.4, 0.5) is 4.39 Å². The van der Waals surface area contributed by atoms with Crippen LogP contribution in [0.2, 0.25) is 0 Å². The third-order valence-electron chi connectivity index (χ3n) is 5.43. The fourth-order valence-corrected chi connectivity index (χ4v) is 3.90. The van der Waals surface area contributed by atoms with E-state index in [4.69, 9.17) is 14.5 Å². The van der Waals surface area contributed by atoms with Crippen LogP contribution < -0.4 is 14.8 Å². The Bertz CT molecular complexity index is 1080. The zero-order chi connectivity index (χ0) is 22.5. The van der Waals surface area contributed by atoms with E-state index in [0.29, 0.717) is 25.4 Å². The molecule has 166 valence electrons. The lowest BCUT2D eigenvalue weighted by Crippen LogP contribution is -2.33. The highest BCUT2D eigenvalue weighted by Gasteiger charge is 2.28. The number of nitrogens with one attached hydrogen (secondary N) is 1. The highest BCUT2D eigenvalue weighted by atomic mass is 19.1. The summed E-state index contributed by atoms with van der Waals surface area (Å²) in [6, 6.07) is 19.5. The van der Waals surface area contributed by atoms with Crippen LogP contribution in [0.5, 0.6) is 17.2 Å². The lowest BCUT2D eigenvalue weighted by molar-refractivity contribution is 0.313. The summed E-state index contributed by atoms with van der Waals surface area (Å²) in [7, 11) is 0. The SMILES string of the molecule is CCOc1ccc(C2=N[C@H](c3ccc(F)cc3)N[C@H](c3cccc(OCC)c3O)C2)cc1. The maximum atomic E-state index is 13.5. The second-order valence-electron chi connectivity index (χ2n) is 7.54. The van der Waals surface area contributed by atoms with Gasteiger partial charge in [-0.1, -0.05) is 24.3 Å². The van der Waals surface area contributed by atoms with Crippen molar-refractivity contribution in [2.45, 2.75) is 32.5 Å². The van der Waals surface area contributed by atoms with Crippen molar-refractivity contribution in [2.24, 2.45) is 4.99 Å². The first kappa shape index (κ1) is 21.8. The van der Waals surface area contributed by atoms with Crippen molar-refractivity contribution < 1.29 is 19.0 Å². The summed E-state index contributed by atoms with van der Waals surface area (Å²) in [5.74, 6) is 1.09. The van der Waals surface area contributed by atoms with Crippen molar-refractivity contribution in [1.29, 1.82) is 0 Å².